The topological polar surface area (TPSA) is 41.7 Å². The van der Waals surface area contributed by atoms with Gasteiger partial charge < -0.3 is 9.51 Å². The average molecular weight is 330 g/mol. The van der Waals surface area contributed by atoms with E-state index < -0.39 is 0 Å². The Labute approximate surface area is 124 Å². The van der Waals surface area contributed by atoms with Crippen LogP contribution in [0.4, 0.5) is 0 Å². The molecular weight excluding hydrogens is 318 g/mol. The van der Waals surface area contributed by atoms with Crippen molar-refractivity contribution in [3.63, 3.8) is 0 Å². The van der Waals surface area contributed by atoms with Crippen LogP contribution in [0.5, 0.6) is 5.75 Å². The van der Waals surface area contributed by atoms with Crippen LogP contribution in [0.15, 0.2) is 53.1 Å². The van der Waals surface area contributed by atoms with Gasteiger partial charge in [-0.05, 0) is 64.8 Å². The van der Waals surface area contributed by atoms with Crippen LogP contribution in [-0.4, -0.2) is 15.3 Å². The van der Waals surface area contributed by atoms with Crippen LogP contribution in [-0.2, 0) is 0 Å². The Balaban J connectivity index is 2.22. The van der Waals surface area contributed by atoms with Gasteiger partial charge in [-0.15, -0.1) is 0 Å². The van der Waals surface area contributed by atoms with Crippen molar-refractivity contribution in [1.82, 2.24) is 4.40 Å². The summed E-state index contributed by atoms with van der Waals surface area (Å²) in [6.45, 7) is 1.92. The summed E-state index contributed by atoms with van der Waals surface area (Å²) < 4.78 is 2.81. The van der Waals surface area contributed by atoms with Crippen LogP contribution < -0.4 is 0 Å². The Kier molecular flexibility index (Phi) is 3.10. The third-order valence-electron chi connectivity index (χ3n) is 3.35. The van der Waals surface area contributed by atoms with Gasteiger partial charge in [0.25, 0.3) is 0 Å². The van der Waals surface area contributed by atoms with E-state index in [1.54, 1.807) is 12.1 Å². The van der Waals surface area contributed by atoms with Gasteiger partial charge in [0.1, 0.15) is 5.75 Å². The third kappa shape index (κ3) is 1.93. The van der Waals surface area contributed by atoms with Gasteiger partial charge in [0, 0.05) is 16.2 Å². The lowest BCUT2D eigenvalue weighted by atomic mass is 10.1. The van der Waals surface area contributed by atoms with E-state index in [-0.39, 0.29) is 11.5 Å². The highest BCUT2D eigenvalue weighted by atomic mass is 79.9. The van der Waals surface area contributed by atoms with E-state index in [9.17, 15) is 9.90 Å². The minimum Gasteiger partial charge on any atom is -0.508 e. The molecule has 3 rings (SSSR count). The Hall–Kier alpha value is -2.07. The van der Waals surface area contributed by atoms with Crippen molar-refractivity contribution in [1.29, 1.82) is 0 Å². The molecule has 20 heavy (non-hydrogen) atoms. The Morgan fingerprint density at radius 2 is 1.85 bits per heavy atom. The summed E-state index contributed by atoms with van der Waals surface area (Å²) in [5.41, 5.74) is 3.07. The molecule has 3 aromatic rings. The number of phenols is 1. The second-order valence-electron chi connectivity index (χ2n) is 4.62. The molecule has 0 unspecified atom stereocenters. The number of rotatable bonds is 2. The zero-order valence-electron chi connectivity index (χ0n) is 10.8. The van der Waals surface area contributed by atoms with Crippen LogP contribution >= 0.6 is 15.9 Å². The van der Waals surface area contributed by atoms with Gasteiger partial charge in [-0.1, -0.05) is 6.07 Å². The zero-order valence-corrected chi connectivity index (χ0v) is 12.4. The summed E-state index contributed by atoms with van der Waals surface area (Å²) >= 11 is 3.54. The van der Waals surface area contributed by atoms with Crippen LogP contribution in [0, 0.1) is 6.92 Å². The second-order valence-corrected chi connectivity index (χ2v) is 5.41. The number of hydrogen-bond acceptors (Lipinski definition) is 2. The lowest BCUT2D eigenvalue weighted by molar-refractivity contribution is 0.103. The molecular formula is C16H12BrNO2. The highest BCUT2D eigenvalue weighted by Crippen LogP contribution is 2.29. The van der Waals surface area contributed by atoms with Gasteiger partial charge in [-0.3, -0.25) is 4.79 Å². The molecule has 3 nitrogen and oxygen atoms in total. The van der Waals surface area contributed by atoms with Crippen LogP contribution in [0.3, 0.4) is 0 Å². The Morgan fingerprint density at radius 3 is 2.55 bits per heavy atom. The largest absolute Gasteiger partial charge is 0.508 e. The molecule has 0 amide bonds. The lowest BCUT2D eigenvalue weighted by Gasteiger charge is -2.04. The molecule has 2 heterocycles. The SMILES string of the molecule is Cc1c(Br)c2ccccn2c1C(=O)c1ccc(O)cc1. The molecule has 100 valence electrons. The number of nitrogens with zero attached hydrogens (tertiary/aromatic N) is 1. The molecule has 0 aliphatic carbocycles. The summed E-state index contributed by atoms with van der Waals surface area (Å²) in [6, 6.07) is 12.1. The molecule has 0 aliphatic rings. The minimum absolute atomic E-state index is 0.0607. The van der Waals surface area contributed by atoms with Gasteiger partial charge >= 0.3 is 0 Å². The van der Waals surface area contributed by atoms with Crippen molar-refractivity contribution < 1.29 is 9.90 Å². The number of fused-ring (bicyclic) bond motifs is 1. The number of carbonyl (C=O) groups excluding carboxylic acids is 1. The molecule has 0 fully saturated rings. The van der Waals surface area contributed by atoms with E-state index in [0.717, 1.165) is 15.6 Å². The number of halogens is 1. The lowest BCUT2D eigenvalue weighted by Crippen LogP contribution is -2.06. The van der Waals surface area contributed by atoms with Crippen LogP contribution in [0.25, 0.3) is 5.52 Å². The van der Waals surface area contributed by atoms with Gasteiger partial charge in [0.05, 0.1) is 11.2 Å². The number of ketones is 1. The van der Waals surface area contributed by atoms with Crippen molar-refractivity contribution in [3.05, 3.63) is 70.0 Å². The van der Waals surface area contributed by atoms with Crippen molar-refractivity contribution in [2.45, 2.75) is 6.92 Å². The normalized spacial score (nSPS) is 10.9. The van der Waals surface area contributed by atoms with Crippen molar-refractivity contribution >= 4 is 27.2 Å². The first-order valence-electron chi connectivity index (χ1n) is 6.18. The Morgan fingerprint density at radius 1 is 1.15 bits per heavy atom. The van der Waals surface area contributed by atoms with Gasteiger partial charge in [0.2, 0.25) is 5.78 Å². The van der Waals surface area contributed by atoms with E-state index >= 15 is 0 Å². The third-order valence-corrected chi connectivity index (χ3v) is 4.36. The van der Waals surface area contributed by atoms with Crippen molar-refractivity contribution in [3.8, 4) is 5.75 Å². The highest BCUT2D eigenvalue weighted by Gasteiger charge is 2.20. The monoisotopic (exact) mass is 329 g/mol. The van der Waals surface area contributed by atoms with Crippen LogP contribution in [0.2, 0.25) is 0 Å². The van der Waals surface area contributed by atoms with E-state index in [1.807, 2.05) is 35.7 Å². The molecule has 0 atom stereocenters. The van der Waals surface area contributed by atoms with Gasteiger partial charge in [-0.2, -0.15) is 0 Å². The fourth-order valence-corrected chi connectivity index (χ4v) is 2.83. The summed E-state index contributed by atoms with van der Waals surface area (Å²) in [5.74, 6) is 0.0915. The molecule has 1 aromatic carbocycles. The molecule has 0 spiro atoms. The number of pyridine rings is 1. The maximum atomic E-state index is 12.7. The van der Waals surface area contributed by atoms with Gasteiger partial charge in [0.15, 0.2) is 0 Å². The molecule has 0 saturated heterocycles. The zero-order chi connectivity index (χ0) is 14.3. The fourth-order valence-electron chi connectivity index (χ4n) is 2.32. The number of benzene rings is 1. The summed E-state index contributed by atoms with van der Waals surface area (Å²) in [6.07, 6.45) is 1.88. The molecule has 2 aromatic heterocycles. The maximum Gasteiger partial charge on any atom is 0.210 e. The van der Waals surface area contributed by atoms with Crippen molar-refractivity contribution in [2.24, 2.45) is 0 Å². The standard InChI is InChI=1S/C16H12BrNO2/c1-10-14(17)13-4-2-3-9-18(13)15(10)16(20)11-5-7-12(19)8-6-11/h2-9,19H,1H3. The first kappa shape index (κ1) is 12.9. The van der Waals surface area contributed by atoms with Gasteiger partial charge in [-0.25, -0.2) is 0 Å². The molecule has 4 heteroatoms. The number of aromatic hydroxyl groups is 1. The smallest absolute Gasteiger partial charge is 0.210 e. The number of carbonyl (C=O) groups is 1. The molecule has 0 aliphatic heterocycles. The van der Waals surface area contributed by atoms with Crippen molar-refractivity contribution in [2.75, 3.05) is 0 Å². The second kappa shape index (κ2) is 4.80. The summed E-state index contributed by atoms with van der Waals surface area (Å²) in [7, 11) is 0. The number of hydrogen-bond donors (Lipinski definition) is 1. The van der Waals surface area contributed by atoms with E-state index in [1.165, 1.54) is 12.1 Å². The quantitative estimate of drug-likeness (QED) is 0.723. The van der Waals surface area contributed by atoms with E-state index in [2.05, 4.69) is 15.9 Å². The molecule has 1 N–H and O–H groups in total. The Bertz CT molecular complexity index is 803. The minimum atomic E-state index is -0.0607. The first-order chi connectivity index (χ1) is 9.59. The maximum absolute atomic E-state index is 12.7. The van der Waals surface area contributed by atoms with E-state index in [4.69, 9.17) is 0 Å². The van der Waals surface area contributed by atoms with E-state index in [0.29, 0.717) is 11.3 Å². The summed E-state index contributed by atoms with van der Waals surface area (Å²) in [4.78, 5) is 12.7. The fraction of sp³-hybridized carbons (Fsp3) is 0.0625. The first-order valence-corrected chi connectivity index (χ1v) is 6.98. The predicted molar refractivity (Wildman–Crippen MR) is 81.4 cm³/mol. The number of phenolic OH excluding ortho intramolecular Hbond substituents is 1. The molecule has 0 bridgehead atoms. The molecule has 0 saturated carbocycles. The number of aromatic nitrogens is 1. The summed E-state index contributed by atoms with van der Waals surface area (Å²) in [5, 5.41) is 9.32. The van der Waals surface area contributed by atoms with Crippen LogP contribution in [0.1, 0.15) is 21.6 Å². The highest BCUT2D eigenvalue weighted by molar-refractivity contribution is 9.10. The average Bonchev–Trinajstić information content (AvgIpc) is 2.72. The predicted octanol–water partition coefficient (Wildman–Crippen LogP) is 3.95. The molecule has 0 radical (unpaired) electrons.